The number of carbonyl (C=O) groups is 2. The number of carbonyl (C=O) groups excluding carboxylic acids is 2. The van der Waals surface area contributed by atoms with Gasteiger partial charge in [0.25, 0.3) is 0 Å². The van der Waals surface area contributed by atoms with Gasteiger partial charge in [-0.2, -0.15) is 0 Å². The second-order valence-corrected chi connectivity index (χ2v) is 8.69. The number of benzene rings is 1. The van der Waals surface area contributed by atoms with Crippen molar-refractivity contribution >= 4 is 23.2 Å². The fourth-order valence-electron chi connectivity index (χ4n) is 3.86. The van der Waals surface area contributed by atoms with Crippen molar-refractivity contribution < 1.29 is 14.3 Å². The molecule has 3 heterocycles. The molecule has 0 aliphatic carbocycles. The number of aryl methyl sites for hydroxylation is 1. The Balaban J connectivity index is 1.41. The summed E-state index contributed by atoms with van der Waals surface area (Å²) in [5.74, 6) is -0.174. The average molecular weight is 438 g/mol. The topological polar surface area (TPSA) is 64.4 Å². The molecule has 6 nitrogen and oxygen atoms in total. The zero-order valence-electron chi connectivity index (χ0n) is 17.9. The van der Waals surface area contributed by atoms with Gasteiger partial charge in [0.15, 0.2) is 0 Å². The Morgan fingerprint density at radius 1 is 1.16 bits per heavy atom. The van der Waals surface area contributed by atoms with Crippen LogP contribution in [0.5, 0.6) is 0 Å². The standard InChI is InChI=1S/C24H27N3O3S/c1-3-30-24(29)19-10-13-26(14-11-19)22(28)15-27-12-4-5-21(27)23-25-20(16-31-23)18-8-6-17(2)7-9-18/h4-9,12,16,19H,3,10-11,13-15H2,1-2H3. The Labute approximate surface area is 186 Å². The number of nitrogens with zero attached hydrogens (tertiary/aromatic N) is 3. The lowest BCUT2D eigenvalue weighted by atomic mass is 9.97. The van der Waals surface area contributed by atoms with Crippen LogP contribution in [0.25, 0.3) is 22.0 Å². The molecule has 0 radical (unpaired) electrons. The van der Waals surface area contributed by atoms with E-state index in [0.29, 0.717) is 32.5 Å². The molecular weight excluding hydrogens is 410 g/mol. The molecule has 162 valence electrons. The highest BCUT2D eigenvalue weighted by Crippen LogP contribution is 2.29. The first-order chi connectivity index (χ1) is 15.0. The van der Waals surface area contributed by atoms with Crippen LogP contribution in [0.15, 0.2) is 48.0 Å². The van der Waals surface area contributed by atoms with Crippen LogP contribution in [0.2, 0.25) is 0 Å². The van der Waals surface area contributed by atoms with Crippen LogP contribution >= 0.6 is 11.3 Å². The van der Waals surface area contributed by atoms with Crippen LogP contribution in [0, 0.1) is 12.8 Å². The van der Waals surface area contributed by atoms with E-state index in [9.17, 15) is 9.59 Å². The Kier molecular flexibility index (Phi) is 6.51. The molecule has 1 aliphatic rings. The molecule has 4 rings (SSSR count). The van der Waals surface area contributed by atoms with Gasteiger partial charge in [-0.3, -0.25) is 9.59 Å². The highest BCUT2D eigenvalue weighted by atomic mass is 32.1. The van der Waals surface area contributed by atoms with Crippen molar-refractivity contribution in [2.45, 2.75) is 33.2 Å². The van der Waals surface area contributed by atoms with E-state index in [0.717, 1.165) is 22.0 Å². The maximum absolute atomic E-state index is 12.9. The molecule has 3 aromatic rings. The number of piperidine rings is 1. The van der Waals surface area contributed by atoms with E-state index in [-0.39, 0.29) is 24.3 Å². The summed E-state index contributed by atoms with van der Waals surface area (Å²) in [4.78, 5) is 31.4. The van der Waals surface area contributed by atoms with Crippen LogP contribution < -0.4 is 0 Å². The molecule has 0 atom stereocenters. The first kappa shape index (κ1) is 21.3. The summed E-state index contributed by atoms with van der Waals surface area (Å²) in [6.45, 7) is 5.74. The third-order valence-corrected chi connectivity index (χ3v) is 6.54. The number of thiazole rings is 1. The number of aromatic nitrogens is 2. The van der Waals surface area contributed by atoms with Crippen molar-refractivity contribution in [3.8, 4) is 22.0 Å². The Morgan fingerprint density at radius 2 is 1.90 bits per heavy atom. The van der Waals surface area contributed by atoms with E-state index >= 15 is 0 Å². The van der Waals surface area contributed by atoms with E-state index in [1.165, 1.54) is 5.56 Å². The maximum atomic E-state index is 12.9. The van der Waals surface area contributed by atoms with E-state index in [2.05, 4.69) is 36.6 Å². The highest BCUT2D eigenvalue weighted by Gasteiger charge is 2.28. The van der Waals surface area contributed by atoms with Crippen LogP contribution in [-0.2, 0) is 20.9 Å². The van der Waals surface area contributed by atoms with Gasteiger partial charge in [-0.15, -0.1) is 11.3 Å². The van der Waals surface area contributed by atoms with Crippen molar-refractivity contribution in [2.24, 2.45) is 5.92 Å². The van der Waals surface area contributed by atoms with Gasteiger partial charge in [0.05, 0.1) is 23.9 Å². The van der Waals surface area contributed by atoms with Gasteiger partial charge in [-0.05, 0) is 38.8 Å². The summed E-state index contributed by atoms with van der Waals surface area (Å²) in [6.07, 6.45) is 3.25. The number of ether oxygens (including phenoxy) is 1. The summed E-state index contributed by atoms with van der Waals surface area (Å²) in [5.41, 5.74) is 4.20. The van der Waals surface area contributed by atoms with Gasteiger partial charge in [0.1, 0.15) is 11.6 Å². The monoisotopic (exact) mass is 437 g/mol. The van der Waals surface area contributed by atoms with Gasteiger partial charge in [-0.25, -0.2) is 4.98 Å². The number of hydrogen-bond acceptors (Lipinski definition) is 5. The number of esters is 1. The Bertz CT molecular complexity index is 1050. The molecule has 0 N–H and O–H groups in total. The van der Waals surface area contributed by atoms with Crippen molar-refractivity contribution in [1.29, 1.82) is 0 Å². The summed E-state index contributed by atoms with van der Waals surface area (Å²) >= 11 is 1.58. The smallest absolute Gasteiger partial charge is 0.309 e. The van der Waals surface area contributed by atoms with E-state index in [1.807, 2.05) is 34.7 Å². The lowest BCUT2D eigenvalue weighted by Gasteiger charge is -2.31. The summed E-state index contributed by atoms with van der Waals surface area (Å²) in [5, 5.41) is 2.95. The zero-order valence-corrected chi connectivity index (χ0v) is 18.7. The molecule has 0 saturated carbocycles. The SMILES string of the molecule is CCOC(=O)C1CCN(C(=O)Cn2cccc2-c2nc(-c3ccc(C)cc3)cs2)CC1. The van der Waals surface area contributed by atoms with Crippen LogP contribution in [0.3, 0.4) is 0 Å². The van der Waals surface area contributed by atoms with E-state index in [4.69, 9.17) is 9.72 Å². The minimum Gasteiger partial charge on any atom is -0.466 e. The third kappa shape index (κ3) is 4.88. The molecule has 1 aromatic carbocycles. The second kappa shape index (κ2) is 9.47. The molecule has 1 aliphatic heterocycles. The van der Waals surface area contributed by atoms with Crippen LogP contribution in [0.1, 0.15) is 25.3 Å². The van der Waals surface area contributed by atoms with Gasteiger partial charge in [-0.1, -0.05) is 29.8 Å². The van der Waals surface area contributed by atoms with E-state index < -0.39 is 0 Å². The van der Waals surface area contributed by atoms with Crippen molar-refractivity contribution in [3.63, 3.8) is 0 Å². The summed E-state index contributed by atoms with van der Waals surface area (Å²) in [6, 6.07) is 12.3. The van der Waals surface area contributed by atoms with Gasteiger partial charge in [0, 0.05) is 30.2 Å². The average Bonchev–Trinajstić information content (AvgIpc) is 3.44. The van der Waals surface area contributed by atoms with Crippen molar-refractivity contribution in [3.05, 3.63) is 53.5 Å². The lowest BCUT2D eigenvalue weighted by molar-refractivity contribution is -0.151. The molecule has 7 heteroatoms. The summed E-state index contributed by atoms with van der Waals surface area (Å²) in [7, 11) is 0. The molecule has 1 fully saturated rings. The summed E-state index contributed by atoms with van der Waals surface area (Å²) < 4.78 is 7.07. The lowest BCUT2D eigenvalue weighted by Crippen LogP contribution is -2.42. The predicted molar refractivity (Wildman–Crippen MR) is 122 cm³/mol. The molecule has 0 bridgehead atoms. The first-order valence-electron chi connectivity index (χ1n) is 10.7. The van der Waals surface area contributed by atoms with Crippen molar-refractivity contribution in [2.75, 3.05) is 19.7 Å². The molecule has 0 unspecified atom stereocenters. The maximum Gasteiger partial charge on any atom is 0.309 e. The fraction of sp³-hybridized carbons (Fsp3) is 0.375. The molecule has 31 heavy (non-hydrogen) atoms. The van der Waals surface area contributed by atoms with Crippen molar-refractivity contribution in [1.82, 2.24) is 14.5 Å². The minimum atomic E-state index is -0.143. The Morgan fingerprint density at radius 3 is 2.61 bits per heavy atom. The molecule has 1 saturated heterocycles. The molecule has 1 amide bonds. The fourth-order valence-corrected chi connectivity index (χ4v) is 4.73. The number of amides is 1. The predicted octanol–water partition coefficient (Wildman–Crippen LogP) is 4.39. The number of likely N-dealkylation sites (tertiary alicyclic amines) is 1. The first-order valence-corrected chi connectivity index (χ1v) is 11.6. The van der Waals surface area contributed by atoms with Crippen LogP contribution in [-0.4, -0.2) is 46.0 Å². The zero-order chi connectivity index (χ0) is 21.8. The number of hydrogen-bond donors (Lipinski definition) is 0. The highest BCUT2D eigenvalue weighted by molar-refractivity contribution is 7.13. The van der Waals surface area contributed by atoms with Gasteiger partial charge < -0.3 is 14.2 Å². The third-order valence-electron chi connectivity index (χ3n) is 5.67. The molecule has 2 aromatic heterocycles. The van der Waals surface area contributed by atoms with Gasteiger partial charge >= 0.3 is 5.97 Å². The molecular formula is C24H27N3O3S. The molecule has 0 spiro atoms. The second-order valence-electron chi connectivity index (χ2n) is 7.83. The quantitative estimate of drug-likeness (QED) is 0.537. The normalized spacial score (nSPS) is 14.6. The number of rotatable bonds is 6. The van der Waals surface area contributed by atoms with E-state index in [1.54, 1.807) is 11.3 Å². The van der Waals surface area contributed by atoms with Crippen LogP contribution in [0.4, 0.5) is 0 Å². The minimum absolute atomic E-state index is 0.0649. The Hall–Kier alpha value is -2.93. The van der Waals surface area contributed by atoms with Gasteiger partial charge in [0.2, 0.25) is 5.91 Å². The largest absolute Gasteiger partial charge is 0.466 e.